The SMILES string of the molecule is CCCCCCCC[S@](=O)[C@H](C)Cc1ccc2c(c1)OCO2. The predicted molar refractivity (Wildman–Crippen MR) is 92.1 cm³/mol. The molecule has 22 heavy (non-hydrogen) atoms. The second-order valence-corrected chi connectivity index (χ2v) is 8.03. The molecule has 2 atom stereocenters. The van der Waals surface area contributed by atoms with Crippen molar-refractivity contribution in [2.24, 2.45) is 0 Å². The molecule has 0 amide bonds. The number of fused-ring (bicyclic) bond motifs is 1. The lowest BCUT2D eigenvalue weighted by Gasteiger charge is -2.12. The van der Waals surface area contributed by atoms with E-state index in [0.717, 1.165) is 30.1 Å². The Kier molecular flexibility index (Phi) is 7.23. The summed E-state index contributed by atoms with van der Waals surface area (Å²) in [7, 11) is -0.743. The van der Waals surface area contributed by atoms with Gasteiger partial charge in [0.25, 0.3) is 0 Å². The summed E-state index contributed by atoms with van der Waals surface area (Å²) >= 11 is 0. The van der Waals surface area contributed by atoms with Crippen molar-refractivity contribution >= 4 is 10.8 Å². The summed E-state index contributed by atoms with van der Waals surface area (Å²) in [5.74, 6) is 2.45. The molecule has 1 aliphatic heterocycles. The number of hydrogen-bond donors (Lipinski definition) is 0. The molecule has 4 heteroatoms. The average Bonchev–Trinajstić information content (AvgIpc) is 2.98. The molecule has 1 aromatic rings. The van der Waals surface area contributed by atoms with Crippen LogP contribution in [0.25, 0.3) is 0 Å². The molecule has 0 spiro atoms. The largest absolute Gasteiger partial charge is 0.454 e. The number of benzene rings is 1. The van der Waals surface area contributed by atoms with E-state index < -0.39 is 10.8 Å². The van der Waals surface area contributed by atoms with E-state index in [9.17, 15) is 4.21 Å². The van der Waals surface area contributed by atoms with E-state index >= 15 is 0 Å². The first kappa shape index (κ1) is 17.3. The van der Waals surface area contributed by atoms with Gasteiger partial charge in [-0.25, -0.2) is 0 Å². The summed E-state index contributed by atoms with van der Waals surface area (Å²) in [6.45, 7) is 4.61. The second kappa shape index (κ2) is 9.19. The van der Waals surface area contributed by atoms with Gasteiger partial charge in [-0.05, 0) is 30.5 Å². The Hall–Kier alpha value is -1.03. The molecule has 124 valence electrons. The zero-order valence-corrected chi connectivity index (χ0v) is 14.6. The number of hydrogen-bond acceptors (Lipinski definition) is 3. The molecule has 0 bridgehead atoms. The average molecular weight is 324 g/mol. The van der Waals surface area contributed by atoms with Crippen LogP contribution in [0.15, 0.2) is 18.2 Å². The van der Waals surface area contributed by atoms with Crippen molar-refractivity contribution in [3.8, 4) is 11.5 Å². The van der Waals surface area contributed by atoms with Gasteiger partial charge in [0, 0.05) is 21.8 Å². The molecule has 1 aliphatic rings. The van der Waals surface area contributed by atoms with Crippen molar-refractivity contribution < 1.29 is 13.7 Å². The number of ether oxygens (including phenoxy) is 2. The first-order valence-electron chi connectivity index (χ1n) is 8.46. The van der Waals surface area contributed by atoms with Crippen LogP contribution in [0, 0.1) is 0 Å². The Labute approximate surface area is 136 Å². The lowest BCUT2D eigenvalue weighted by Crippen LogP contribution is -2.16. The molecule has 0 aromatic heterocycles. The van der Waals surface area contributed by atoms with Gasteiger partial charge in [0.15, 0.2) is 11.5 Å². The van der Waals surface area contributed by atoms with E-state index in [-0.39, 0.29) is 5.25 Å². The van der Waals surface area contributed by atoms with Crippen molar-refractivity contribution in [2.75, 3.05) is 12.5 Å². The highest BCUT2D eigenvalue weighted by molar-refractivity contribution is 7.85. The summed E-state index contributed by atoms with van der Waals surface area (Å²) < 4.78 is 23.0. The summed E-state index contributed by atoms with van der Waals surface area (Å²) in [5.41, 5.74) is 1.17. The smallest absolute Gasteiger partial charge is 0.231 e. The quantitative estimate of drug-likeness (QED) is 0.596. The zero-order valence-electron chi connectivity index (χ0n) is 13.8. The lowest BCUT2D eigenvalue weighted by molar-refractivity contribution is 0.174. The Morgan fingerprint density at radius 1 is 1.09 bits per heavy atom. The lowest BCUT2D eigenvalue weighted by atomic mass is 10.1. The van der Waals surface area contributed by atoms with Crippen LogP contribution in [0.3, 0.4) is 0 Å². The Morgan fingerprint density at radius 2 is 1.82 bits per heavy atom. The van der Waals surface area contributed by atoms with Gasteiger partial charge in [-0.2, -0.15) is 0 Å². The van der Waals surface area contributed by atoms with Gasteiger partial charge >= 0.3 is 0 Å². The molecule has 1 aromatic carbocycles. The fraction of sp³-hybridized carbons (Fsp3) is 0.667. The maximum atomic E-state index is 12.3. The first-order valence-corrected chi connectivity index (χ1v) is 9.84. The fourth-order valence-electron chi connectivity index (χ4n) is 2.72. The molecule has 1 heterocycles. The standard InChI is InChI=1S/C18H28O3S/c1-3-4-5-6-7-8-11-22(19)15(2)12-16-9-10-17-18(13-16)21-14-20-17/h9-10,13,15H,3-8,11-12,14H2,1-2H3/t15-,22+/m1/s1. The molecule has 0 saturated heterocycles. The normalized spacial score (nSPS) is 15.7. The van der Waals surface area contributed by atoms with Gasteiger partial charge < -0.3 is 9.47 Å². The number of rotatable bonds is 10. The van der Waals surface area contributed by atoms with Gasteiger partial charge in [-0.15, -0.1) is 0 Å². The molecule has 0 aliphatic carbocycles. The van der Waals surface area contributed by atoms with Crippen LogP contribution < -0.4 is 9.47 Å². The van der Waals surface area contributed by atoms with Gasteiger partial charge in [-0.1, -0.05) is 52.0 Å². The maximum absolute atomic E-state index is 12.3. The first-order chi connectivity index (χ1) is 10.7. The number of unbranched alkanes of at least 4 members (excludes halogenated alkanes) is 5. The Balaban J connectivity index is 1.70. The van der Waals surface area contributed by atoms with Crippen LogP contribution in [0.2, 0.25) is 0 Å². The molecule has 2 rings (SSSR count). The van der Waals surface area contributed by atoms with Crippen LogP contribution in [0.4, 0.5) is 0 Å². The molecule has 0 N–H and O–H groups in total. The van der Waals surface area contributed by atoms with Crippen molar-refractivity contribution in [3.05, 3.63) is 23.8 Å². The van der Waals surface area contributed by atoms with Crippen molar-refractivity contribution in [1.29, 1.82) is 0 Å². The summed E-state index contributed by atoms with van der Waals surface area (Å²) in [6, 6.07) is 6.01. The van der Waals surface area contributed by atoms with Gasteiger partial charge in [0.2, 0.25) is 6.79 Å². The molecule has 3 nitrogen and oxygen atoms in total. The van der Waals surface area contributed by atoms with Gasteiger partial charge in [-0.3, -0.25) is 4.21 Å². The summed E-state index contributed by atoms with van der Waals surface area (Å²) in [6.07, 6.45) is 8.32. The molecule has 0 saturated carbocycles. The van der Waals surface area contributed by atoms with Crippen LogP contribution >= 0.6 is 0 Å². The van der Waals surface area contributed by atoms with Crippen molar-refractivity contribution in [3.63, 3.8) is 0 Å². The third-order valence-electron chi connectivity index (χ3n) is 4.11. The highest BCUT2D eigenvalue weighted by Crippen LogP contribution is 2.33. The third-order valence-corrected chi connectivity index (χ3v) is 5.86. The van der Waals surface area contributed by atoms with E-state index in [0.29, 0.717) is 6.79 Å². The topological polar surface area (TPSA) is 35.5 Å². The zero-order chi connectivity index (χ0) is 15.8. The van der Waals surface area contributed by atoms with Crippen LogP contribution in [-0.2, 0) is 17.2 Å². The van der Waals surface area contributed by atoms with Gasteiger partial charge in [0.1, 0.15) is 0 Å². The molecule has 0 unspecified atom stereocenters. The molecule has 0 radical (unpaired) electrons. The molecular formula is C18H28O3S. The minimum absolute atomic E-state index is 0.191. The van der Waals surface area contributed by atoms with E-state index in [4.69, 9.17) is 9.47 Å². The molecular weight excluding hydrogens is 296 g/mol. The highest BCUT2D eigenvalue weighted by Gasteiger charge is 2.16. The summed E-state index contributed by atoms with van der Waals surface area (Å²) in [4.78, 5) is 0. The van der Waals surface area contributed by atoms with Crippen molar-refractivity contribution in [2.45, 2.75) is 64.0 Å². The van der Waals surface area contributed by atoms with E-state index in [1.54, 1.807) is 0 Å². The maximum Gasteiger partial charge on any atom is 0.231 e. The van der Waals surface area contributed by atoms with Crippen LogP contribution in [0.1, 0.15) is 57.9 Å². The molecule has 0 fully saturated rings. The monoisotopic (exact) mass is 324 g/mol. The highest BCUT2D eigenvalue weighted by atomic mass is 32.2. The fourth-order valence-corrected chi connectivity index (χ4v) is 3.99. The second-order valence-electron chi connectivity index (χ2n) is 6.05. The predicted octanol–water partition coefficient (Wildman–Crippen LogP) is 4.46. The Bertz CT molecular complexity index is 487. The van der Waals surface area contributed by atoms with Crippen LogP contribution in [-0.4, -0.2) is 22.0 Å². The Morgan fingerprint density at radius 3 is 2.64 bits per heavy atom. The van der Waals surface area contributed by atoms with E-state index in [1.165, 1.54) is 37.7 Å². The minimum Gasteiger partial charge on any atom is -0.454 e. The van der Waals surface area contributed by atoms with Crippen molar-refractivity contribution in [1.82, 2.24) is 0 Å². The third kappa shape index (κ3) is 5.31. The van der Waals surface area contributed by atoms with Crippen LogP contribution in [0.5, 0.6) is 11.5 Å². The van der Waals surface area contributed by atoms with Gasteiger partial charge in [0.05, 0.1) is 0 Å². The minimum atomic E-state index is -0.743. The van der Waals surface area contributed by atoms with E-state index in [2.05, 4.69) is 13.8 Å². The summed E-state index contributed by atoms with van der Waals surface area (Å²) in [5, 5.41) is 0.191. The van der Waals surface area contributed by atoms with E-state index in [1.807, 2.05) is 18.2 Å².